The molecule has 2 N–H and O–H groups in total. The first-order valence-corrected chi connectivity index (χ1v) is 8.81. The molecule has 0 aliphatic carbocycles. The molecule has 3 aromatic heterocycles. The third kappa shape index (κ3) is 3.77. The summed E-state index contributed by atoms with van der Waals surface area (Å²) >= 11 is 0. The Morgan fingerprint density at radius 2 is 2.04 bits per heavy atom. The smallest absolute Gasteiger partial charge is 0.255 e. The van der Waals surface area contributed by atoms with Crippen molar-refractivity contribution in [1.29, 1.82) is 0 Å². The Kier molecular flexibility index (Phi) is 5.11. The largest absolute Gasteiger partial charge is 0.436 e. The molecular formula is C20H18FN5O2. The molecule has 0 saturated heterocycles. The molecule has 0 bridgehead atoms. The Hall–Kier alpha value is -3.52. The van der Waals surface area contributed by atoms with E-state index in [1.54, 1.807) is 29.2 Å². The zero-order chi connectivity index (χ0) is 19.3. The second-order valence-corrected chi connectivity index (χ2v) is 6.14. The number of nitrogens with one attached hydrogen (secondary N) is 1. The predicted molar refractivity (Wildman–Crippen MR) is 101 cm³/mol. The molecule has 0 fully saturated rings. The molecular weight excluding hydrogens is 361 g/mol. The van der Waals surface area contributed by atoms with Gasteiger partial charge < -0.3 is 9.84 Å². The van der Waals surface area contributed by atoms with E-state index < -0.39 is 5.82 Å². The molecule has 1 aromatic carbocycles. The predicted octanol–water partition coefficient (Wildman–Crippen LogP) is 3.65. The maximum Gasteiger partial charge on any atom is 0.255 e. The molecule has 3 heterocycles. The van der Waals surface area contributed by atoms with E-state index >= 15 is 0 Å². The molecule has 4 aromatic rings. The van der Waals surface area contributed by atoms with E-state index in [4.69, 9.17) is 9.84 Å². The van der Waals surface area contributed by atoms with Crippen molar-refractivity contribution in [2.75, 3.05) is 6.61 Å². The van der Waals surface area contributed by atoms with Gasteiger partial charge in [-0.25, -0.2) is 9.37 Å². The molecule has 0 amide bonds. The molecule has 0 aliphatic heterocycles. The minimum absolute atomic E-state index is 0.105. The van der Waals surface area contributed by atoms with Crippen LogP contribution in [0.4, 0.5) is 4.39 Å². The average molecular weight is 379 g/mol. The van der Waals surface area contributed by atoms with Crippen molar-refractivity contribution in [3.63, 3.8) is 0 Å². The van der Waals surface area contributed by atoms with Crippen molar-refractivity contribution >= 4 is 0 Å². The van der Waals surface area contributed by atoms with E-state index in [0.29, 0.717) is 30.0 Å². The summed E-state index contributed by atoms with van der Waals surface area (Å²) in [7, 11) is 0. The van der Waals surface area contributed by atoms with Gasteiger partial charge in [-0.05, 0) is 24.6 Å². The molecule has 0 unspecified atom stereocenters. The first kappa shape index (κ1) is 17.9. The summed E-state index contributed by atoms with van der Waals surface area (Å²) in [6.07, 6.45) is 7.38. The van der Waals surface area contributed by atoms with E-state index in [9.17, 15) is 4.39 Å². The lowest BCUT2D eigenvalue weighted by Gasteiger charge is -2.10. The van der Waals surface area contributed by atoms with E-state index in [1.807, 2.05) is 24.4 Å². The highest BCUT2D eigenvalue weighted by atomic mass is 19.1. The highest BCUT2D eigenvalue weighted by Crippen LogP contribution is 2.33. The molecule has 4 rings (SSSR count). The minimum Gasteiger partial charge on any atom is -0.436 e. The molecule has 0 atom stereocenters. The summed E-state index contributed by atoms with van der Waals surface area (Å²) in [5.74, 6) is -0.212. The van der Waals surface area contributed by atoms with E-state index in [2.05, 4.69) is 20.3 Å². The maximum atomic E-state index is 14.5. The van der Waals surface area contributed by atoms with Crippen LogP contribution in [-0.4, -0.2) is 36.7 Å². The van der Waals surface area contributed by atoms with Crippen molar-refractivity contribution < 1.29 is 14.2 Å². The quantitative estimate of drug-likeness (QED) is 0.512. The zero-order valence-electron chi connectivity index (χ0n) is 14.9. The van der Waals surface area contributed by atoms with Gasteiger partial charge in [0.1, 0.15) is 5.75 Å². The zero-order valence-corrected chi connectivity index (χ0v) is 14.9. The molecule has 0 saturated carbocycles. The van der Waals surface area contributed by atoms with Crippen LogP contribution >= 0.6 is 0 Å². The van der Waals surface area contributed by atoms with Gasteiger partial charge in [0.15, 0.2) is 5.82 Å². The molecule has 0 radical (unpaired) electrons. The monoisotopic (exact) mass is 379 g/mol. The maximum absolute atomic E-state index is 14.5. The first-order chi connectivity index (χ1) is 13.7. The topological polar surface area (TPSA) is 88.9 Å². The summed E-state index contributed by atoms with van der Waals surface area (Å²) in [5, 5.41) is 20.0. The van der Waals surface area contributed by atoms with Gasteiger partial charge in [-0.15, -0.1) is 0 Å². The van der Waals surface area contributed by atoms with Crippen LogP contribution in [0.25, 0.3) is 22.4 Å². The summed E-state index contributed by atoms with van der Waals surface area (Å²) in [6, 6.07) is 10.4. The van der Waals surface area contributed by atoms with Crippen molar-refractivity contribution in [3.05, 3.63) is 67.0 Å². The van der Waals surface area contributed by atoms with E-state index in [1.165, 1.54) is 12.3 Å². The van der Waals surface area contributed by atoms with Gasteiger partial charge in [0, 0.05) is 48.4 Å². The SMILES string of the molecule is OCCCn1cc(-c2ccccc2Oc2ncc(-c3cc[nH]n3)cc2F)cn1. The first-order valence-electron chi connectivity index (χ1n) is 8.81. The fraction of sp³-hybridized carbons (Fsp3) is 0.150. The third-order valence-corrected chi connectivity index (χ3v) is 4.19. The van der Waals surface area contributed by atoms with Crippen LogP contribution in [0.15, 0.2) is 61.2 Å². The number of ether oxygens (including phenoxy) is 1. The van der Waals surface area contributed by atoms with Gasteiger partial charge in [-0.3, -0.25) is 9.78 Å². The Balaban J connectivity index is 1.60. The summed E-state index contributed by atoms with van der Waals surface area (Å²) in [4.78, 5) is 4.11. The second-order valence-electron chi connectivity index (χ2n) is 6.14. The Morgan fingerprint density at radius 3 is 2.82 bits per heavy atom. The number of aryl methyl sites for hydroxylation is 1. The summed E-state index contributed by atoms with van der Waals surface area (Å²) in [6.45, 7) is 0.721. The van der Waals surface area contributed by atoms with Crippen LogP contribution in [0.3, 0.4) is 0 Å². The van der Waals surface area contributed by atoms with Gasteiger partial charge in [-0.1, -0.05) is 18.2 Å². The minimum atomic E-state index is -0.575. The number of nitrogens with zero attached hydrogens (tertiary/aromatic N) is 4. The van der Waals surface area contributed by atoms with Crippen molar-refractivity contribution in [2.24, 2.45) is 0 Å². The molecule has 142 valence electrons. The summed E-state index contributed by atoms with van der Waals surface area (Å²) < 4.78 is 22.1. The van der Waals surface area contributed by atoms with Crippen LogP contribution in [0.5, 0.6) is 11.6 Å². The number of aromatic nitrogens is 5. The number of hydrogen-bond acceptors (Lipinski definition) is 5. The number of aromatic amines is 1. The normalized spacial score (nSPS) is 10.9. The molecule has 7 nitrogen and oxygen atoms in total. The molecule has 0 aliphatic rings. The lowest BCUT2D eigenvalue weighted by atomic mass is 10.1. The van der Waals surface area contributed by atoms with Gasteiger partial charge in [0.25, 0.3) is 5.88 Å². The number of hydrogen-bond donors (Lipinski definition) is 2. The Bertz CT molecular complexity index is 1060. The summed E-state index contributed by atoms with van der Waals surface area (Å²) in [5.41, 5.74) is 2.77. The highest BCUT2D eigenvalue weighted by Gasteiger charge is 2.14. The van der Waals surface area contributed by atoms with E-state index in [-0.39, 0.29) is 12.5 Å². The van der Waals surface area contributed by atoms with Crippen LogP contribution in [0.1, 0.15) is 6.42 Å². The number of rotatable bonds is 7. The standard InChI is InChI=1S/C20H18FN5O2/c21-17-10-14(18-6-7-23-25-18)11-22-20(17)28-19-5-2-1-4-16(19)15-12-24-26(13-15)8-3-9-27/h1-2,4-7,10-13,27H,3,8-9H2,(H,23,25). The number of pyridine rings is 1. The van der Waals surface area contributed by atoms with Crippen LogP contribution in [-0.2, 0) is 6.54 Å². The fourth-order valence-corrected chi connectivity index (χ4v) is 2.82. The van der Waals surface area contributed by atoms with Crippen LogP contribution in [0, 0.1) is 5.82 Å². The van der Waals surface area contributed by atoms with Crippen molar-refractivity contribution in [1.82, 2.24) is 25.0 Å². The molecule has 8 heteroatoms. The molecule has 28 heavy (non-hydrogen) atoms. The Labute approximate surface area is 160 Å². The average Bonchev–Trinajstić information content (AvgIpc) is 3.40. The van der Waals surface area contributed by atoms with Crippen LogP contribution in [0.2, 0.25) is 0 Å². The van der Waals surface area contributed by atoms with Gasteiger partial charge in [0.05, 0.1) is 11.9 Å². The van der Waals surface area contributed by atoms with E-state index in [0.717, 1.165) is 11.1 Å². The number of aliphatic hydroxyl groups excluding tert-OH is 1. The number of para-hydroxylation sites is 1. The number of halogens is 1. The van der Waals surface area contributed by atoms with Crippen LogP contribution < -0.4 is 4.74 Å². The fourth-order valence-electron chi connectivity index (χ4n) is 2.82. The highest BCUT2D eigenvalue weighted by molar-refractivity contribution is 5.69. The number of H-pyrrole nitrogens is 1. The second kappa shape index (κ2) is 8.01. The lowest BCUT2D eigenvalue weighted by molar-refractivity contribution is 0.277. The van der Waals surface area contributed by atoms with Gasteiger partial charge in [0.2, 0.25) is 0 Å². The lowest BCUT2D eigenvalue weighted by Crippen LogP contribution is -1.99. The van der Waals surface area contributed by atoms with Crippen molar-refractivity contribution in [2.45, 2.75) is 13.0 Å². The Morgan fingerprint density at radius 1 is 1.14 bits per heavy atom. The third-order valence-electron chi connectivity index (χ3n) is 4.19. The van der Waals surface area contributed by atoms with Gasteiger partial charge >= 0.3 is 0 Å². The van der Waals surface area contributed by atoms with Crippen molar-refractivity contribution in [3.8, 4) is 34.0 Å². The number of aliphatic hydroxyl groups is 1. The van der Waals surface area contributed by atoms with Gasteiger partial charge in [-0.2, -0.15) is 10.2 Å². The molecule has 0 spiro atoms. The number of benzene rings is 1.